The van der Waals surface area contributed by atoms with Gasteiger partial charge in [0, 0.05) is 43.1 Å². The number of carbonyl (C=O) groups is 1. The van der Waals surface area contributed by atoms with Crippen molar-refractivity contribution in [2.24, 2.45) is 0 Å². The van der Waals surface area contributed by atoms with Crippen molar-refractivity contribution < 1.29 is 9.32 Å². The predicted molar refractivity (Wildman–Crippen MR) is 97.0 cm³/mol. The standard InChI is InChI=1S/C19H25N5O2/c1-12-15(13(2)26-23-12)5-6-18(25)24-9-7-16-17(8-10-24)20-11-21-19(16)22-14-3-4-14/h11,14H,3-10H2,1-2H3,(H,20,21,22). The molecule has 138 valence electrons. The molecule has 0 unspecified atom stereocenters. The number of aryl methyl sites for hydroxylation is 2. The molecule has 2 aromatic heterocycles. The van der Waals surface area contributed by atoms with E-state index < -0.39 is 0 Å². The van der Waals surface area contributed by atoms with Crippen LogP contribution in [-0.2, 0) is 24.1 Å². The predicted octanol–water partition coefficient (Wildman–Crippen LogP) is 2.22. The Balaban J connectivity index is 1.39. The number of nitrogens with one attached hydrogen (secondary N) is 1. The fraction of sp³-hybridized carbons (Fsp3) is 0.579. The molecule has 4 rings (SSSR count). The zero-order valence-corrected chi connectivity index (χ0v) is 15.4. The van der Waals surface area contributed by atoms with E-state index >= 15 is 0 Å². The zero-order valence-electron chi connectivity index (χ0n) is 15.4. The summed E-state index contributed by atoms with van der Waals surface area (Å²) >= 11 is 0. The SMILES string of the molecule is Cc1noc(C)c1CCC(=O)N1CCc2ncnc(NC3CC3)c2CC1. The van der Waals surface area contributed by atoms with Crippen molar-refractivity contribution in [3.63, 3.8) is 0 Å². The van der Waals surface area contributed by atoms with Crippen LogP contribution in [0.3, 0.4) is 0 Å². The first kappa shape index (κ1) is 17.0. The molecule has 2 aliphatic rings. The molecule has 0 spiro atoms. The highest BCUT2D eigenvalue weighted by Gasteiger charge is 2.26. The molecule has 1 saturated carbocycles. The summed E-state index contributed by atoms with van der Waals surface area (Å²) in [6.45, 7) is 5.26. The van der Waals surface area contributed by atoms with Gasteiger partial charge in [-0.3, -0.25) is 4.79 Å². The van der Waals surface area contributed by atoms with Crippen LogP contribution in [0.5, 0.6) is 0 Å². The molecule has 0 bridgehead atoms. The van der Waals surface area contributed by atoms with E-state index in [-0.39, 0.29) is 5.91 Å². The number of anilines is 1. The van der Waals surface area contributed by atoms with Gasteiger partial charge in [-0.15, -0.1) is 0 Å². The van der Waals surface area contributed by atoms with Gasteiger partial charge in [0.15, 0.2) is 0 Å². The Hall–Kier alpha value is -2.44. The van der Waals surface area contributed by atoms with Crippen molar-refractivity contribution in [2.45, 2.75) is 58.4 Å². The lowest BCUT2D eigenvalue weighted by Gasteiger charge is -2.20. The minimum absolute atomic E-state index is 0.183. The second-order valence-corrected chi connectivity index (χ2v) is 7.25. The quantitative estimate of drug-likeness (QED) is 0.885. The molecule has 26 heavy (non-hydrogen) atoms. The molecule has 1 aliphatic heterocycles. The molecular formula is C19H25N5O2. The Morgan fingerprint density at radius 3 is 2.81 bits per heavy atom. The van der Waals surface area contributed by atoms with Gasteiger partial charge >= 0.3 is 0 Å². The number of aromatic nitrogens is 3. The number of hydrogen-bond acceptors (Lipinski definition) is 6. The molecule has 1 N–H and O–H groups in total. The van der Waals surface area contributed by atoms with Crippen LogP contribution in [-0.4, -0.2) is 45.1 Å². The molecule has 0 aromatic carbocycles. The lowest BCUT2D eigenvalue weighted by Crippen LogP contribution is -2.33. The Labute approximate surface area is 153 Å². The van der Waals surface area contributed by atoms with Gasteiger partial charge < -0.3 is 14.7 Å². The average Bonchev–Trinajstić information content (AvgIpc) is 3.42. The minimum atomic E-state index is 0.183. The Kier molecular flexibility index (Phi) is 4.61. The van der Waals surface area contributed by atoms with Gasteiger partial charge in [-0.05, 0) is 39.5 Å². The number of fused-ring (bicyclic) bond motifs is 1. The summed E-state index contributed by atoms with van der Waals surface area (Å²) < 4.78 is 5.19. The van der Waals surface area contributed by atoms with Crippen LogP contribution in [0, 0.1) is 13.8 Å². The molecule has 2 aromatic rings. The van der Waals surface area contributed by atoms with E-state index in [2.05, 4.69) is 20.4 Å². The van der Waals surface area contributed by atoms with Gasteiger partial charge in [0.25, 0.3) is 0 Å². The van der Waals surface area contributed by atoms with E-state index in [0.717, 1.165) is 47.9 Å². The summed E-state index contributed by atoms with van der Waals surface area (Å²) in [5.41, 5.74) is 4.19. The summed E-state index contributed by atoms with van der Waals surface area (Å²) in [6.07, 6.45) is 6.82. The fourth-order valence-corrected chi connectivity index (χ4v) is 3.57. The van der Waals surface area contributed by atoms with Crippen molar-refractivity contribution in [1.82, 2.24) is 20.0 Å². The molecule has 7 nitrogen and oxygen atoms in total. The van der Waals surface area contributed by atoms with Gasteiger partial charge in [0.2, 0.25) is 5.91 Å². The minimum Gasteiger partial charge on any atom is -0.367 e. The number of carbonyl (C=O) groups excluding carboxylic acids is 1. The summed E-state index contributed by atoms with van der Waals surface area (Å²) in [4.78, 5) is 23.6. The third-order valence-corrected chi connectivity index (χ3v) is 5.33. The van der Waals surface area contributed by atoms with Crippen LogP contribution in [0.2, 0.25) is 0 Å². The second kappa shape index (κ2) is 7.05. The van der Waals surface area contributed by atoms with Crippen LogP contribution >= 0.6 is 0 Å². The van der Waals surface area contributed by atoms with E-state index in [1.54, 1.807) is 6.33 Å². The summed E-state index contributed by atoms with van der Waals surface area (Å²) in [6, 6.07) is 0.560. The van der Waals surface area contributed by atoms with E-state index in [9.17, 15) is 4.79 Å². The molecule has 1 aliphatic carbocycles. The van der Waals surface area contributed by atoms with Crippen LogP contribution in [0.4, 0.5) is 5.82 Å². The molecule has 1 fully saturated rings. The topological polar surface area (TPSA) is 84.2 Å². The first-order valence-electron chi connectivity index (χ1n) is 9.40. The van der Waals surface area contributed by atoms with Gasteiger partial charge in [-0.25, -0.2) is 9.97 Å². The lowest BCUT2D eigenvalue weighted by molar-refractivity contribution is -0.131. The smallest absolute Gasteiger partial charge is 0.222 e. The van der Waals surface area contributed by atoms with Crippen LogP contribution in [0.25, 0.3) is 0 Å². The average molecular weight is 355 g/mol. The van der Waals surface area contributed by atoms with Crippen LogP contribution in [0.1, 0.15) is 47.5 Å². The molecular weight excluding hydrogens is 330 g/mol. The normalized spacial score (nSPS) is 16.9. The highest BCUT2D eigenvalue weighted by Crippen LogP contribution is 2.28. The number of hydrogen-bond donors (Lipinski definition) is 1. The van der Waals surface area contributed by atoms with Crippen molar-refractivity contribution in [1.29, 1.82) is 0 Å². The molecule has 0 atom stereocenters. The second-order valence-electron chi connectivity index (χ2n) is 7.25. The molecule has 7 heteroatoms. The largest absolute Gasteiger partial charge is 0.367 e. The van der Waals surface area contributed by atoms with Gasteiger partial charge in [0.1, 0.15) is 17.9 Å². The summed E-state index contributed by atoms with van der Waals surface area (Å²) in [5, 5.41) is 7.47. The van der Waals surface area contributed by atoms with E-state index in [1.807, 2.05) is 18.7 Å². The highest BCUT2D eigenvalue weighted by atomic mass is 16.5. The maximum atomic E-state index is 12.7. The number of rotatable bonds is 5. The Bertz CT molecular complexity index is 793. The van der Waals surface area contributed by atoms with Crippen LogP contribution < -0.4 is 5.32 Å². The Morgan fingerprint density at radius 1 is 1.27 bits per heavy atom. The maximum absolute atomic E-state index is 12.7. The zero-order chi connectivity index (χ0) is 18.1. The lowest BCUT2D eigenvalue weighted by atomic mass is 10.1. The molecule has 3 heterocycles. The van der Waals surface area contributed by atoms with E-state index in [4.69, 9.17) is 4.52 Å². The van der Waals surface area contributed by atoms with Crippen molar-refractivity contribution in [3.8, 4) is 0 Å². The van der Waals surface area contributed by atoms with Crippen LogP contribution in [0.15, 0.2) is 10.9 Å². The molecule has 0 saturated heterocycles. The maximum Gasteiger partial charge on any atom is 0.222 e. The first-order valence-corrected chi connectivity index (χ1v) is 9.40. The van der Waals surface area contributed by atoms with Gasteiger partial charge in [0.05, 0.1) is 11.4 Å². The third kappa shape index (κ3) is 3.57. The summed E-state index contributed by atoms with van der Waals surface area (Å²) in [5.74, 6) is 1.95. The number of nitrogens with zero attached hydrogens (tertiary/aromatic N) is 4. The van der Waals surface area contributed by atoms with E-state index in [0.29, 0.717) is 25.4 Å². The monoisotopic (exact) mass is 355 g/mol. The van der Waals surface area contributed by atoms with Crippen molar-refractivity contribution >= 4 is 11.7 Å². The van der Waals surface area contributed by atoms with Crippen molar-refractivity contribution in [2.75, 3.05) is 18.4 Å². The summed E-state index contributed by atoms with van der Waals surface area (Å²) in [7, 11) is 0. The fourth-order valence-electron chi connectivity index (χ4n) is 3.57. The highest BCUT2D eigenvalue weighted by molar-refractivity contribution is 5.76. The van der Waals surface area contributed by atoms with Gasteiger partial charge in [-0.1, -0.05) is 5.16 Å². The van der Waals surface area contributed by atoms with Crippen molar-refractivity contribution in [3.05, 3.63) is 34.6 Å². The molecule has 0 radical (unpaired) electrons. The Morgan fingerprint density at radius 2 is 2.08 bits per heavy atom. The van der Waals surface area contributed by atoms with Gasteiger partial charge in [-0.2, -0.15) is 0 Å². The van der Waals surface area contributed by atoms with E-state index in [1.165, 1.54) is 18.4 Å². The third-order valence-electron chi connectivity index (χ3n) is 5.33. The number of amides is 1. The first-order chi connectivity index (χ1) is 12.6. The molecule has 1 amide bonds.